The molecule has 0 aromatic heterocycles. The van der Waals surface area contributed by atoms with Gasteiger partial charge in [0.2, 0.25) is 0 Å². The third kappa shape index (κ3) is 4.86. The lowest BCUT2D eigenvalue weighted by Crippen LogP contribution is -2.55. The van der Waals surface area contributed by atoms with E-state index in [1.807, 2.05) is 0 Å². The maximum atomic E-state index is 14.4. The highest BCUT2D eigenvalue weighted by Gasteiger charge is 2.69. The molecule has 0 spiro atoms. The molecule has 2 aromatic carbocycles. The van der Waals surface area contributed by atoms with Crippen molar-refractivity contribution >= 4 is 46.9 Å². The Kier molecular flexibility index (Phi) is 7.18. The molecule has 0 atom stereocenters. The van der Waals surface area contributed by atoms with Crippen molar-refractivity contribution in [2.24, 2.45) is 0 Å². The Hall–Kier alpha value is -5.42. The van der Waals surface area contributed by atoms with Crippen molar-refractivity contribution in [2.75, 3.05) is 9.80 Å². The first-order valence-electron chi connectivity index (χ1n) is 10.8. The minimum Gasteiger partial charge on any atom is -0.422 e. The Morgan fingerprint density at radius 1 is 0.524 bits per heavy atom. The molecular formula is C24H8F8N2O8. The van der Waals surface area contributed by atoms with E-state index in [-0.39, 0.29) is 34.1 Å². The number of benzene rings is 2. The van der Waals surface area contributed by atoms with Crippen LogP contribution < -0.4 is 19.3 Å². The number of rotatable bonds is 7. The van der Waals surface area contributed by atoms with Crippen molar-refractivity contribution < 1.29 is 73.4 Å². The zero-order valence-electron chi connectivity index (χ0n) is 19.8. The van der Waals surface area contributed by atoms with Crippen LogP contribution in [-0.2, 0) is 28.8 Å². The predicted octanol–water partition coefficient (Wildman–Crippen LogP) is 2.88. The number of carbonyl (C=O) groups is 6. The van der Waals surface area contributed by atoms with Crippen LogP contribution >= 0.6 is 0 Å². The summed E-state index contributed by atoms with van der Waals surface area (Å²) in [6, 6.07) is -0.0547. The number of alkyl halides is 4. The Balaban J connectivity index is 1.52. The summed E-state index contributed by atoms with van der Waals surface area (Å²) in [4.78, 5) is 70.2. The summed E-state index contributed by atoms with van der Waals surface area (Å²) in [5, 5.41) is 0. The normalized spacial score (nSPS) is 15.2. The summed E-state index contributed by atoms with van der Waals surface area (Å²) in [7, 11) is 0. The maximum absolute atomic E-state index is 14.4. The minimum atomic E-state index is -6.13. The van der Waals surface area contributed by atoms with Gasteiger partial charge in [-0.2, -0.15) is 17.6 Å². The Labute approximate surface area is 226 Å². The highest BCUT2D eigenvalue weighted by atomic mass is 19.3. The molecule has 2 heterocycles. The number of ether oxygens (including phenoxy) is 2. The second-order valence-corrected chi connectivity index (χ2v) is 8.09. The number of hydrogen-bond donors (Lipinski definition) is 0. The molecule has 0 saturated heterocycles. The van der Waals surface area contributed by atoms with Crippen molar-refractivity contribution in [2.45, 2.75) is 11.8 Å². The fourth-order valence-electron chi connectivity index (χ4n) is 3.47. The predicted molar refractivity (Wildman–Crippen MR) is 117 cm³/mol. The molecule has 4 rings (SSSR count). The van der Waals surface area contributed by atoms with E-state index in [2.05, 4.69) is 9.47 Å². The van der Waals surface area contributed by atoms with Gasteiger partial charge >= 0.3 is 23.8 Å². The van der Waals surface area contributed by atoms with Crippen LogP contribution in [0.1, 0.15) is 0 Å². The number of hydrogen-bond acceptors (Lipinski definition) is 8. The molecular weight excluding hydrogens is 596 g/mol. The lowest BCUT2D eigenvalue weighted by molar-refractivity contribution is -0.228. The number of nitrogens with zero attached hydrogens (tertiary/aromatic N) is 2. The zero-order valence-corrected chi connectivity index (χ0v) is 19.8. The molecule has 0 radical (unpaired) electrons. The molecule has 2 aliphatic heterocycles. The van der Waals surface area contributed by atoms with Crippen molar-refractivity contribution in [3.8, 4) is 11.5 Å². The van der Waals surface area contributed by atoms with Crippen LogP contribution in [0.3, 0.4) is 0 Å². The van der Waals surface area contributed by atoms with Gasteiger partial charge in [-0.05, 0) is 0 Å². The molecule has 0 fully saturated rings. The minimum absolute atomic E-state index is 0.00894. The number of esters is 2. The molecule has 10 nitrogen and oxygen atoms in total. The van der Waals surface area contributed by atoms with Crippen molar-refractivity contribution in [3.05, 3.63) is 71.8 Å². The van der Waals surface area contributed by atoms with Gasteiger partial charge in [0.05, 0.1) is 0 Å². The average Bonchev–Trinajstić information content (AvgIpc) is 3.38. The quantitative estimate of drug-likeness (QED) is 0.205. The first-order valence-corrected chi connectivity index (χ1v) is 10.8. The van der Waals surface area contributed by atoms with Gasteiger partial charge in [0, 0.05) is 48.6 Å². The van der Waals surface area contributed by atoms with Crippen molar-refractivity contribution in [1.29, 1.82) is 0 Å². The lowest BCUT2D eigenvalue weighted by atomic mass is 10.1. The summed E-state index contributed by atoms with van der Waals surface area (Å²) >= 11 is 0. The molecule has 42 heavy (non-hydrogen) atoms. The van der Waals surface area contributed by atoms with E-state index in [9.17, 15) is 63.9 Å². The maximum Gasteiger partial charge on any atom is 0.416 e. The Morgan fingerprint density at radius 3 is 1.00 bits per heavy atom. The molecule has 0 aliphatic carbocycles. The van der Waals surface area contributed by atoms with E-state index >= 15 is 0 Å². The van der Waals surface area contributed by atoms with Crippen molar-refractivity contribution in [1.82, 2.24) is 0 Å². The molecule has 0 unspecified atom stereocenters. The first kappa shape index (κ1) is 29.6. The Bertz CT molecular complexity index is 1470. The van der Waals surface area contributed by atoms with Gasteiger partial charge in [0.15, 0.2) is 23.3 Å². The summed E-state index contributed by atoms with van der Waals surface area (Å²) < 4.78 is 123. The SMILES string of the molecule is O=C1C=CC(=O)N1c1c(F)cc(OC(=O)C(F)(F)C(F)(F)C(=O)Oc2cc(F)c(N3C(=O)C=CC3=O)c(F)c2)cc1F. The van der Waals surface area contributed by atoms with Crippen LogP contribution in [0, 0.1) is 23.3 Å². The molecule has 2 aliphatic rings. The summed E-state index contributed by atoms with van der Waals surface area (Å²) in [6.45, 7) is 0. The number of imide groups is 2. The highest BCUT2D eigenvalue weighted by molar-refractivity contribution is 6.29. The second-order valence-electron chi connectivity index (χ2n) is 8.09. The van der Waals surface area contributed by atoms with Crippen LogP contribution in [0.25, 0.3) is 0 Å². The van der Waals surface area contributed by atoms with Gasteiger partial charge in [0.1, 0.15) is 22.9 Å². The molecule has 0 bridgehead atoms. The fourth-order valence-corrected chi connectivity index (χ4v) is 3.47. The van der Waals surface area contributed by atoms with Gasteiger partial charge in [-0.25, -0.2) is 37.0 Å². The van der Waals surface area contributed by atoms with Gasteiger partial charge in [-0.3, -0.25) is 19.2 Å². The molecule has 0 N–H and O–H groups in total. The second kappa shape index (κ2) is 10.2. The summed E-state index contributed by atoms with van der Waals surface area (Å²) in [5.41, 5.74) is -2.62. The molecule has 0 saturated carbocycles. The first-order chi connectivity index (χ1) is 19.5. The van der Waals surface area contributed by atoms with E-state index in [1.165, 1.54) is 0 Å². The number of carbonyl (C=O) groups excluding carboxylic acids is 6. The van der Waals surface area contributed by atoms with Crippen LogP contribution in [0.15, 0.2) is 48.6 Å². The molecule has 4 amide bonds. The van der Waals surface area contributed by atoms with E-state index in [0.717, 1.165) is 0 Å². The van der Waals surface area contributed by atoms with E-state index in [0.29, 0.717) is 24.3 Å². The Morgan fingerprint density at radius 2 is 0.762 bits per heavy atom. The van der Waals surface area contributed by atoms with E-state index < -0.39 is 93.6 Å². The van der Waals surface area contributed by atoms with Crippen LogP contribution in [0.4, 0.5) is 46.5 Å². The molecule has 2 aromatic rings. The topological polar surface area (TPSA) is 127 Å². The number of anilines is 2. The lowest BCUT2D eigenvalue weighted by Gasteiger charge is -2.23. The number of halogens is 8. The average molecular weight is 604 g/mol. The summed E-state index contributed by atoms with van der Waals surface area (Å²) in [6.07, 6.45) is 2.56. The van der Waals surface area contributed by atoms with Gasteiger partial charge in [-0.1, -0.05) is 0 Å². The van der Waals surface area contributed by atoms with Gasteiger partial charge in [-0.15, -0.1) is 0 Å². The van der Waals surface area contributed by atoms with Crippen molar-refractivity contribution in [3.63, 3.8) is 0 Å². The van der Waals surface area contributed by atoms with E-state index in [1.54, 1.807) is 0 Å². The molecule has 218 valence electrons. The van der Waals surface area contributed by atoms with Gasteiger partial charge < -0.3 is 9.47 Å². The highest BCUT2D eigenvalue weighted by Crippen LogP contribution is 2.39. The fraction of sp³-hybridized carbons (Fsp3) is 0.0833. The molecule has 18 heteroatoms. The largest absolute Gasteiger partial charge is 0.422 e. The third-order valence-electron chi connectivity index (χ3n) is 5.37. The third-order valence-corrected chi connectivity index (χ3v) is 5.37. The van der Waals surface area contributed by atoms with Crippen LogP contribution in [0.2, 0.25) is 0 Å². The number of amides is 4. The smallest absolute Gasteiger partial charge is 0.416 e. The zero-order chi connectivity index (χ0) is 31.3. The van der Waals surface area contributed by atoms with Crippen LogP contribution in [0.5, 0.6) is 11.5 Å². The van der Waals surface area contributed by atoms with Crippen LogP contribution in [-0.4, -0.2) is 47.4 Å². The van der Waals surface area contributed by atoms with Gasteiger partial charge in [0.25, 0.3) is 23.6 Å². The summed E-state index contributed by atoms with van der Waals surface area (Å²) in [5.74, 6) is -33.8. The van der Waals surface area contributed by atoms with E-state index in [4.69, 9.17) is 0 Å². The monoisotopic (exact) mass is 604 g/mol. The standard InChI is InChI=1S/C24H8F8N2O8/c25-11-5-9(6-12(26)19(11)33-15(35)1-2-16(33)36)41-21(39)23(29,30)24(31,32)22(40)42-10-7-13(27)20(14(28)8-10)34-17(37)3-4-18(34)38/h1-8H.